The maximum atomic E-state index is 12.3. The number of carbonyl (C=O) groups is 1. The van der Waals surface area contributed by atoms with Crippen molar-refractivity contribution in [1.82, 2.24) is 4.90 Å². The third-order valence-corrected chi connectivity index (χ3v) is 3.76. The number of nitrogens with zero attached hydrogens (tertiary/aromatic N) is 1. The summed E-state index contributed by atoms with van der Waals surface area (Å²) in [6.45, 7) is 8.13. The molecule has 1 rings (SSSR count). The summed E-state index contributed by atoms with van der Waals surface area (Å²) in [7, 11) is 0. The highest BCUT2D eigenvalue weighted by Gasteiger charge is 2.27. The lowest BCUT2D eigenvalue weighted by atomic mass is 10.0. The fourth-order valence-electron chi connectivity index (χ4n) is 2.38. The molecule has 3 nitrogen and oxygen atoms in total. The number of rotatable bonds is 6. The standard InChI is InChI=1S/C14H26N2O/c1-4-11(5-2)10-16(6-3)14(17)12-7-8-13(15)9-12/h7-8,11-13H,4-6,9-10,15H2,1-3H3. The molecule has 1 amide bonds. The molecule has 0 aromatic heterocycles. The predicted molar refractivity (Wildman–Crippen MR) is 71.5 cm³/mol. The molecule has 0 saturated carbocycles. The lowest BCUT2D eigenvalue weighted by molar-refractivity contribution is -0.134. The van der Waals surface area contributed by atoms with Crippen LogP contribution in [0.25, 0.3) is 0 Å². The minimum Gasteiger partial charge on any atom is -0.342 e. The summed E-state index contributed by atoms with van der Waals surface area (Å²) in [6, 6.07) is 0.0656. The average molecular weight is 238 g/mol. The molecule has 98 valence electrons. The minimum absolute atomic E-state index is 0.0133. The Morgan fingerprint density at radius 1 is 1.35 bits per heavy atom. The van der Waals surface area contributed by atoms with Gasteiger partial charge in [-0.25, -0.2) is 0 Å². The molecule has 0 bridgehead atoms. The Kier molecular flexibility index (Phi) is 5.69. The van der Waals surface area contributed by atoms with Crippen molar-refractivity contribution in [1.29, 1.82) is 0 Å². The Balaban J connectivity index is 2.55. The van der Waals surface area contributed by atoms with E-state index in [4.69, 9.17) is 5.73 Å². The van der Waals surface area contributed by atoms with Crippen LogP contribution >= 0.6 is 0 Å². The SMILES string of the molecule is CCC(CC)CN(CC)C(=O)C1C=CC(N)C1. The lowest BCUT2D eigenvalue weighted by Crippen LogP contribution is -2.39. The second kappa shape index (κ2) is 6.80. The van der Waals surface area contributed by atoms with Gasteiger partial charge in [0.2, 0.25) is 5.91 Å². The zero-order valence-electron chi connectivity index (χ0n) is 11.4. The Morgan fingerprint density at radius 3 is 2.41 bits per heavy atom. The minimum atomic E-state index is 0.0133. The van der Waals surface area contributed by atoms with Crippen molar-refractivity contribution in [2.24, 2.45) is 17.6 Å². The van der Waals surface area contributed by atoms with Gasteiger partial charge in [0.15, 0.2) is 0 Å². The van der Waals surface area contributed by atoms with E-state index >= 15 is 0 Å². The fourth-order valence-corrected chi connectivity index (χ4v) is 2.38. The number of carbonyl (C=O) groups excluding carboxylic acids is 1. The first-order chi connectivity index (χ1) is 8.12. The van der Waals surface area contributed by atoms with Crippen molar-refractivity contribution in [3.8, 4) is 0 Å². The van der Waals surface area contributed by atoms with Crippen molar-refractivity contribution in [3.63, 3.8) is 0 Å². The summed E-state index contributed by atoms with van der Waals surface area (Å²) in [5, 5.41) is 0. The molecule has 0 aromatic rings. The highest BCUT2D eigenvalue weighted by atomic mass is 16.2. The van der Waals surface area contributed by atoms with Crippen molar-refractivity contribution in [2.75, 3.05) is 13.1 Å². The normalized spacial score (nSPS) is 23.4. The van der Waals surface area contributed by atoms with Crippen LogP contribution in [-0.2, 0) is 4.79 Å². The molecule has 1 aliphatic carbocycles. The molecule has 17 heavy (non-hydrogen) atoms. The Bertz CT molecular complexity index is 271. The molecule has 2 N–H and O–H groups in total. The van der Waals surface area contributed by atoms with Crippen LogP contribution in [0.5, 0.6) is 0 Å². The van der Waals surface area contributed by atoms with Crippen LogP contribution in [0.1, 0.15) is 40.0 Å². The van der Waals surface area contributed by atoms with Crippen molar-refractivity contribution in [2.45, 2.75) is 46.1 Å². The van der Waals surface area contributed by atoms with Gasteiger partial charge in [-0.3, -0.25) is 4.79 Å². The first kappa shape index (κ1) is 14.2. The number of amides is 1. The topological polar surface area (TPSA) is 46.3 Å². The van der Waals surface area contributed by atoms with Crippen LogP contribution in [0.4, 0.5) is 0 Å². The molecular formula is C14H26N2O. The van der Waals surface area contributed by atoms with Crippen LogP contribution in [0.15, 0.2) is 12.2 Å². The number of nitrogens with two attached hydrogens (primary N) is 1. The second-order valence-electron chi connectivity index (χ2n) is 4.95. The van der Waals surface area contributed by atoms with Crippen LogP contribution in [0, 0.1) is 11.8 Å². The third kappa shape index (κ3) is 3.84. The van der Waals surface area contributed by atoms with Crippen molar-refractivity contribution in [3.05, 3.63) is 12.2 Å². The van der Waals surface area contributed by atoms with E-state index in [-0.39, 0.29) is 17.9 Å². The molecule has 0 saturated heterocycles. The highest BCUT2D eigenvalue weighted by molar-refractivity contribution is 5.81. The van der Waals surface area contributed by atoms with E-state index in [0.717, 1.165) is 32.4 Å². The maximum Gasteiger partial charge on any atom is 0.229 e. The Labute approximate surface area is 105 Å². The van der Waals surface area contributed by atoms with Gasteiger partial charge in [0.25, 0.3) is 0 Å². The monoisotopic (exact) mass is 238 g/mol. The summed E-state index contributed by atoms with van der Waals surface area (Å²) >= 11 is 0. The molecule has 0 fully saturated rings. The zero-order chi connectivity index (χ0) is 12.8. The average Bonchev–Trinajstić information content (AvgIpc) is 2.77. The molecule has 1 aliphatic rings. The largest absolute Gasteiger partial charge is 0.342 e. The Morgan fingerprint density at radius 2 is 2.00 bits per heavy atom. The van der Waals surface area contributed by atoms with Gasteiger partial charge in [0.1, 0.15) is 0 Å². The third-order valence-electron chi connectivity index (χ3n) is 3.76. The smallest absolute Gasteiger partial charge is 0.229 e. The summed E-state index contributed by atoms with van der Waals surface area (Å²) in [5.74, 6) is 0.890. The van der Waals surface area contributed by atoms with E-state index in [1.165, 1.54) is 0 Å². The van der Waals surface area contributed by atoms with Gasteiger partial charge in [-0.15, -0.1) is 0 Å². The molecule has 2 atom stereocenters. The van der Waals surface area contributed by atoms with E-state index in [2.05, 4.69) is 20.8 Å². The predicted octanol–water partition coefficient (Wildman–Crippen LogP) is 2.17. The summed E-state index contributed by atoms with van der Waals surface area (Å²) < 4.78 is 0. The number of hydrogen-bond acceptors (Lipinski definition) is 2. The quantitative estimate of drug-likeness (QED) is 0.721. The van der Waals surface area contributed by atoms with Crippen molar-refractivity contribution < 1.29 is 4.79 Å². The highest BCUT2D eigenvalue weighted by Crippen LogP contribution is 2.20. The maximum absolute atomic E-state index is 12.3. The second-order valence-corrected chi connectivity index (χ2v) is 4.95. The first-order valence-electron chi connectivity index (χ1n) is 6.84. The lowest BCUT2D eigenvalue weighted by Gasteiger charge is -2.27. The zero-order valence-corrected chi connectivity index (χ0v) is 11.4. The van der Waals surface area contributed by atoms with E-state index in [0.29, 0.717) is 5.92 Å². The summed E-state index contributed by atoms with van der Waals surface area (Å²) in [5.41, 5.74) is 5.80. The molecule has 0 spiro atoms. The fraction of sp³-hybridized carbons (Fsp3) is 0.786. The molecule has 0 aromatic carbocycles. The molecule has 2 unspecified atom stereocenters. The summed E-state index contributed by atoms with van der Waals surface area (Å²) in [6.07, 6.45) is 6.98. The molecular weight excluding hydrogens is 212 g/mol. The van der Waals surface area contributed by atoms with Crippen molar-refractivity contribution >= 4 is 5.91 Å². The van der Waals surface area contributed by atoms with Gasteiger partial charge < -0.3 is 10.6 Å². The van der Waals surface area contributed by atoms with Crippen LogP contribution in [0.3, 0.4) is 0 Å². The van der Waals surface area contributed by atoms with E-state index in [1.54, 1.807) is 0 Å². The van der Waals surface area contributed by atoms with Crippen LogP contribution in [-0.4, -0.2) is 29.9 Å². The molecule has 3 heteroatoms. The van der Waals surface area contributed by atoms with Gasteiger partial charge in [0.05, 0.1) is 5.92 Å². The van der Waals surface area contributed by atoms with Crippen LogP contribution in [0.2, 0.25) is 0 Å². The van der Waals surface area contributed by atoms with Crippen LogP contribution < -0.4 is 5.73 Å². The van der Waals surface area contributed by atoms with E-state index < -0.39 is 0 Å². The van der Waals surface area contributed by atoms with Gasteiger partial charge in [0, 0.05) is 19.1 Å². The van der Waals surface area contributed by atoms with Gasteiger partial charge in [-0.2, -0.15) is 0 Å². The Hall–Kier alpha value is -0.830. The number of hydrogen-bond donors (Lipinski definition) is 1. The molecule has 0 radical (unpaired) electrons. The summed E-state index contributed by atoms with van der Waals surface area (Å²) in [4.78, 5) is 14.3. The van der Waals surface area contributed by atoms with Gasteiger partial charge >= 0.3 is 0 Å². The van der Waals surface area contributed by atoms with E-state index in [1.807, 2.05) is 17.1 Å². The molecule has 0 heterocycles. The van der Waals surface area contributed by atoms with Gasteiger partial charge in [-0.05, 0) is 19.3 Å². The first-order valence-corrected chi connectivity index (χ1v) is 6.84. The molecule has 0 aliphatic heterocycles. The van der Waals surface area contributed by atoms with E-state index in [9.17, 15) is 4.79 Å². The van der Waals surface area contributed by atoms with Gasteiger partial charge in [-0.1, -0.05) is 38.8 Å².